The molecular weight excluding hydrogens is 176 g/mol. The van der Waals surface area contributed by atoms with Gasteiger partial charge in [-0.1, -0.05) is 20.3 Å². The summed E-state index contributed by atoms with van der Waals surface area (Å²) in [5.41, 5.74) is 1.18. The quantitative estimate of drug-likeness (QED) is 0.784. The van der Waals surface area contributed by atoms with Gasteiger partial charge in [-0.25, -0.2) is 0 Å². The van der Waals surface area contributed by atoms with Crippen LogP contribution >= 0.6 is 0 Å². The van der Waals surface area contributed by atoms with Crippen LogP contribution in [-0.4, -0.2) is 5.11 Å². The molecule has 1 aliphatic carbocycles. The lowest BCUT2D eigenvalue weighted by molar-refractivity contribution is 0.0527. The zero-order chi connectivity index (χ0) is 10.2. The van der Waals surface area contributed by atoms with E-state index in [1.54, 1.807) is 12.5 Å². The summed E-state index contributed by atoms with van der Waals surface area (Å²) in [6, 6.07) is 1.86. The summed E-state index contributed by atoms with van der Waals surface area (Å²) in [6.07, 6.45) is 6.49. The highest BCUT2D eigenvalue weighted by atomic mass is 16.3. The van der Waals surface area contributed by atoms with Crippen LogP contribution in [-0.2, 0) is 0 Å². The fourth-order valence-electron chi connectivity index (χ4n) is 2.61. The second-order valence-corrected chi connectivity index (χ2v) is 4.99. The lowest BCUT2D eigenvalue weighted by atomic mass is 9.77. The molecule has 0 spiro atoms. The number of aliphatic hydroxyl groups excluding tert-OH is 1. The molecule has 2 heteroatoms. The molecule has 0 saturated heterocycles. The highest BCUT2D eigenvalue weighted by molar-refractivity contribution is 5.12. The van der Waals surface area contributed by atoms with Crippen LogP contribution in [0.2, 0.25) is 0 Å². The minimum Gasteiger partial charge on any atom is -0.472 e. The summed E-state index contributed by atoms with van der Waals surface area (Å²) in [5.74, 6) is 0.375. The van der Waals surface area contributed by atoms with E-state index < -0.39 is 0 Å². The van der Waals surface area contributed by atoms with Crippen molar-refractivity contribution in [1.29, 1.82) is 0 Å². The Kier molecular flexibility index (Phi) is 2.40. The molecule has 0 radical (unpaired) electrons. The average Bonchev–Trinajstić information content (AvgIpc) is 2.71. The van der Waals surface area contributed by atoms with Gasteiger partial charge in [0.05, 0.1) is 18.6 Å². The van der Waals surface area contributed by atoms with Gasteiger partial charge in [0, 0.05) is 5.56 Å². The molecule has 0 bridgehead atoms. The SMILES string of the molecule is CC1(C)CCCC1C(O)c1ccoc1. The minimum absolute atomic E-state index is 0.261. The van der Waals surface area contributed by atoms with E-state index >= 15 is 0 Å². The van der Waals surface area contributed by atoms with Crippen molar-refractivity contribution in [1.82, 2.24) is 0 Å². The topological polar surface area (TPSA) is 33.4 Å². The fourth-order valence-corrected chi connectivity index (χ4v) is 2.61. The lowest BCUT2D eigenvalue weighted by Gasteiger charge is -2.30. The van der Waals surface area contributed by atoms with Gasteiger partial charge in [0.25, 0.3) is 0 Å². The molecule has 1 aromatic heterocycles. The first-order valence-corrected chi connectivity index (χ1v) is 5.31. The van der Waals surface area contributed by atoms with Crippen molar-refractivity contribution >= 4 is 0 Å². The third kappa shape index (κ3) is 1.59. The highest BCUT2D eigenvalue weighted by Gasteiger charge is 2.39. The molecule has 1 fully saturated rings. The Morgan fingerprint density at radius 2 is 2.36 bits per heavy atom. The van der Waals surface area contributed by atoms with Gasteiger partial charge in [-0.2, -0.15) is 0 Å². The predicted molar refractivity (Wildman–Crippen MR) is 54.8 cm³/mol. The van der Waals surface area contributed by atoms with E-state index in [4.69, 9.17) is 4.42 Å². The van der Waals surface area contributed by atoms with E-state index in [0.29, 0.717) is 5.92 Å². The monoisotopic (exact) mass is 194 g/mol. The summed E-state index contributed by atoms with van der Waals surface area (Å²) >= 11 is 0. The molecule has 0 amide bonds. The van der Waals surface area contributed by atoms with Crippen LogP contribution in [0, 0.1) is 11.3 Å². The molecule has 0 aliphatic heterocycles. The third-order valence-electron chi connectivity index (χ3n) is 3.61. The van der Waals surface area contributed by atoms with Gasteiger partial charge in [0.2, 0.25) is 0 Å². The van der Waals surface area contributed by atoms with Crippen LogP contribution in [0.25, 0.3) is 0 Å². The van der Waals surface area contributed by atoms with Crippen LogP contribution < -0.4 is 0 Å². The molecule has 1 N–H and O–H groups in total. The van der Waals surface area contributed by atoms with Gasteiger partial charge in [0.1, 0.15) is 0 Å². The molecule has 1 saturated carbocycles. The number of furan rings is 1. The van der Waals surface area contributed by atoms with Crippen molar-refractivity contribution in [3.8, 4) is 0 Å². The Hall–Kier alpha value is -0.760. The Morgan fingerprint density at radius 1 is 1.57 bits per heavy atom. The summed E-state index contributed by atoms with van der Waals surface area (Å²) in [7, 11) is 0. The maximum absolute atomic E-state index is 10.2. The van der Waals surface area contributed by atoms with Crippen LogP contribution in [0.1, 0.15) is 44.8 Å². The van der Waals surface area contributed by atoms with E-state index in [0.717, 1.165) is 12.0 Å². The zero-order valence-corrected chi connectivity index (χ0v) is 8.86. The molecule has 1 heterocycles. The van der Waals surface area contributed by atoms with Crippen molar-refractivity contribution in [3.63, 3.8) is 0 Å². The molecule has 2 atom stereocenters. The van der Waals surface area contributed by atoms with Crippen molar-refractivity contribution in [3.05, 3.63) is 24.2 Å². The molecule has 78 valence electrons. The van der Waals surface area contributed by atoms with Crippen LogP contribution in [0.4, 0.5) is 0 Å². The van der Waals surface area contributed by atoms with Crippen LogP contribution in [0.5, 0.6) is 0 Å². The van der Waals surface area contributed by atoms with Gasteiger partial charge in [-0.15, -0.1) is 0 Å². The van der Waals surface area contributed by atoms with Gasteiger partial charge in [-0.3, -0.25) is 0 Å². The smallest absolute Gasteiger partial charge is 0.0960 e. The molecule has 14 heavy (non-hydrogen) atoms. The zero-order valence-electron chi connectivity index (χ0n) is 8.86. The maximum Gasteiger partial charge on any atom is 0.0960 e. The van der Waals surface area contributed by atoms with Crippen molar-refractivity contribution < 1.29 is 9.52 Å². The summed E-state index contributed by atoms with van der Waals surface area (Å²) < 4.78 is 5.00. The number of rotatable bonds is 2. The molecule has 1 aliphatic rings. The average molecular weight is 194 g/mol. The number of hydrogen-bond acceptors (Lipinski definition) is 2. The maximum atomic E-state index is 10.2. The molecule has 2 nitrogen and oxygen atoms in total. The Morgan fingerprint density at radius 3 is 2.86 bits per heavy atom. The van der Waals surface area contributed by atoms with Crippen molar-refractivity contribution in [2.75, 3.05) is 0 Å². The first-order valence-electron chi connectivity index (χ1n) is 5.31. The van der Waals surface area contributed by atoms with Gasteiger partial charge >= 0.3 is 0 Å². The fraction of sp³-hybridized carbons (Fsp3) is 0.667. The molecule has 0 aromatic carbocycles. The summed E-state index contributed by atoms with van der Waals surface area (Å²) in [5, 5.41) is 10.2. The van der Waals surface area contributed by atoms with Crippen molar-refractivity contribution in [2.45, 2.75) is 39.2 Å². The van der Waals surface area contributed by atoms with Crippen molar-refractivity contribution in [2.24, 2.45) is 11.3 Å². The normalized spacial score (nSPS) is 27.8. The Balaban J connectivity index is 2.16. The second kappa shape index (κ2) is 3.43. The Labute approximate surface area is 84.9 Å². The standard InChI is InChI=1S/C12H18O2/c1-12(2)6-3-4-10(12)11(13)9-5-7-14-8-9/h5,7-8,10-11,13H,3-4,6H2,1-2H3. The van der Waals surface area contributed by atoms with Crippen LogP contribution in [0.15, 0.2) is 23.0 Å². The lowest BCUT2D eigenvalue weighted by Crippen LogP contribution is -2.23. The van der Waals surface area contributed by atoms with Gasteiger partial charge in [-0.05, 0) is 30.2 Å². The number of aliphatic hydroxyl groups is 1. The third-order valence-corrected chi connectivity index (χ3v) is 3.61. The van der Waals surface area contributed by atoms with E-state index in [9.17, 15) is 5.11 Å². The predicted octanol–water partition coefficient (Wildman–Crippen LogP) is 3.14. The molecule has 2 unspecified atom stereocenters. The van der Waals surface area contributed by atoms with E-state index in [2.05, 4.69) is 13.8 Å². The van der Waals surface area contributed by atoms with Gasteiger partial charge < -0.3 is 9.52 Å². The Bertz CT molecular complexity index is 287. The van der Waals surface area contributed by atoms with E-state index in [1.165, 1.54) is 12.8 Å². The first-order chi connectivity index (χ1) is 6.61. The highest BCUT2D eigenvalue weighted by Crippen LogP contribution is 2.48. The molecule has 1 aromatic rings. The van der Waals surface area contributed by atoms with Crippen LogP contribution in [0.3, 0.4) is 0 Å². The van der Waals surface area contributed by atoms with E-state index in [1.807, 2.05) is 6.07 Å². The molecule has 2 rings (SSSR count). The van der Waals surface area contributed by atoms with E-state index in [-0.39, 0.29) is 11.5 Å². The molecular formula is C12H18O2. The summed E-state index contributed by atoms with van der Waals surface area (Å²) in [6.45, 7) is 4.49. The first kappa shape index (κ1) is 9.78. The number of hydrogen-bond donors (Lipinski definition) is 1. The minimum atomic E-state index is -0.355. The van der Waals surface area contributed by atoms with Gasteiger partial charge in [0.15, 0.2) is 0 Å². The largest absolute Gasteiger partial charge is 0.472 e. The summed E-state index contributed by atoms with van der Waals surface area (Å²) in [4.78, 5) is 0. The second-order valence-electron chi connectivity index (χ2n) is 4.99.